The van der Waals surface area contributed by atoms with Gasteiger partial charge in [-0.2, -0.15) is 18.2 Å². The molecule has 134 valence electrons. The highest BCUT2D eigenvalue weighted by atomic mass is 19.4. The molecule has 6 nitrogen and oxygen atoms in total. The van der Waals surface area contributed by atoms with E-state index < -0.39 is 17.9 Å². The van der Waals surface area contributed by atoms with Crippen LogP contribution in [0, 0.1) is 11.8 Å². The molecule has 0 spiro atoms. The van der Waals surface area contributed by atoms with Crippen molar-refractivity contribution in [2.24, 2.45) is 11.8 Å². The molecule has 2 aromatic rings. The van der Waals surface area contributed by atoms with Crippen molar-refractivity contribution in [3.05, 3.63) is 29.9 Å². The molecule has 1 aliphatic carbocycles. The zero-order chi connectivity index (χ0) is 18.2. The number of amides is 1. The van der Waals surface area contributed by atoms with Crippen LogP contribution in [0.25, 0.3) is 11.4 Å². The van der Waals surface area contributed by atoms with E-state index in [0.29, 0.717) is 5.92 Å². The zero-order valence-electron chi connectivity index (χ0n) is 13.7. The quantitative estimate of drug-likeness (QED) is 0.910. The van der Waals surface area contributed by atoms with Gasteiger partial charge in [0.1, 0.15) is 11.7 Å². The minimum absolute atomic E-state index is 0.00520. The van der Waals surface area contributed by atoms with E-state index in [1.807, 2.05) is 0 Å². The number of rotatable bonds is 4. The Kier molecular flexibility index (Phi) is 4.49. The molecule has 1 atom stereocenters. The van der Waals surface area contributed by atoms with Gasteiger partial charge in [0, 0.05) is 17.7 Å². The van der Waals surface area contributed by atoms with Gasteiger partial charge in [-0.15, -0.1) is 0 Å². The summed E-state index contributed by atoms with van der Waals surface area (Å²) >= 11 is 0. The number of aromatic nitrogens is 3. The Labute approximate surface area is 141 Å². The first-order chi connectivity index (χ1) is 11.7. The predicted octanol–water partition coefficient (Wildman–Crippen LogP) is 3.37. The monoisotopic (exact) mass is 354 g/mol. The third kappa shape index (κ3) is 3.80. The number of pyridine rings is 1. The average molecular weight is 354 g/mol. The van der Waals surface area contributed by atoms with Crippen LogP contribution < -0.4 is 5.32 Å². The van der Waals surface area contributed by atoms with Crippen molar-refractivity contribution in [1.82, 2.24) is 20.4 Å². The highest BCUT2D eigenvalue weighted by Gasteiger charge is 2.34. The molecular formula is C16H17F3N4O2. The molecular weight excluding hydrogens is 337 g/mol. The fourth-order valence-corrected chi connectivity index (χ4v) is 2.76. The minimum atomic E-state index is -4.55. The van der Waals surface area contributed by atoms with Gasteiger partial charge in [0.25, 0.3) is 0 Å². The third-order valence-corrected chi connectivity index (χ3v) is 4.22. The molecule has 1 saturated carbocycles. The first-order valence-electron chi connectivity index (χ1n) is 7.91. The molecule has 0 saturated heterocycles. The Bertz CT molecular complexity index is 769. The smallest absolute Gasteiger partial charge is 0.344 e. The van der Waals surface area contributed by atoms with E-state index in [9.17, 15) is 18.0 Å². The first-order valence-corrected chi connectivity index (χ1v) is 7.91. The van der Waals surface area contributed by atoms with Crippen molar-refractivity contribution < 1.29 is 22.5 Å². The van der Waals surface area contributed by atoms with E-state index in [-0.39, 0.29) is 29.1 Å². The lowest BCUT2D eigenvalue weighted by Crippen LogP contribution is -2.39. The van der Waals surface area contributed by atoms with Crippen LogP contribution in [0.15, 0.2) is 22.9 Å². The molecule has 3 rings (SSSR count). The summed E-state index contributed by atoms with van der Waals surface area (Å²) in [6, 6.07) is 1.70. The van der Waals surface area contributed by atoms with Gasteiger partial charge in [0.05, 0.1) is 0 Å². The summed E-state index contributed by atoms with van der Waals surface area (Å²) in [4.78, 5) is 19.4. The van der Waals surface area contributed by atoms with Gasteiger partial charge in [-0.3, -0.25) is 9.78 Å². The highest BCUT2D eigenvalue weighted by molar-refractivity contribution is 5.79. The topological polar surface area (TPSA) is 80.9 Å². The lowest BCUT2D eigenvalue weighted by molar-refractivity contribution is -0.141. The molecule has 9 heteroatoms. The first kappa shape index (κ1) is 17.4. The van der Waals surface area contributed by atoms with Gasteiger partial charge < -0.3 is 9.84 Å². The van der Waals surface area contributed by atoms with Gasteiger partial charge in [-0.25, -0.2) is 0 Å². The van der Waals surface area contributed by atoms with Crippen molar-refractivity contribution in [3.63, 3.8) is 0 Å². The summed E-state index contributed by atoms with van der Waals surface area (Å²) in [5, 5.41) is 6.49. The Balaban J connectivity index is 1.71. The van der Waals surface area contributed by atoms with Gasteiger partial charge >= 0.3 is 6.18 Å². The van der Waals surface area contributed by atoms with Crippen LogP contribution >= 0.6 is 0 Å². The second kappa shape index (κ2) is 6.45. The van der Waals surface area contributed by atoms with Gasteiger partial charge in [0.15, 0.2) is 0 Å². The van der Waals surface area contributed by atoms with Gasteiger partial charge in [-0.1, -0.05) is 12.1 Å². The van der Waals surface area contributed by atoms with E-state index in [4.69, 9.17) is 4.52 Å². The molecule has 2 aromatic heterocycles. The van der Waals surface area contributed by atoms with Crippen molar-refractivity contribution in [2.75, 3.05) is 0 Å². The van der Waals surface area contributed by atoms with Crippen LogP contribution in [0.4, 0.5) is 13.2 Å². The van der Waals surface area contributed by atoms with Crippen molar-refractivity contribution in [1.29, 1.82) is 0 Å². The maximum absolute atomic E-state index is 12.7. The molecule has 25 heavy (non-hydrogen) atoms. The summed E-state index contributed by atoms with van der Waals surface area (Å²) in [5.41, 5.74) is -0.888. The molecule has 1 N–H and O–H groups in total. The fraction of sp³-hybridized carbons (Fsp3) is 0.500. The fourth-order valence-electron chi connectivity index (χ4n) is 2.76. The van der Waals surface area contributed by atoms with Crippen LogP contribution in [-0.2, 0) is 11.0 Å². The molecule has 0 aliphatic heterocycles. The average Bonchev–Trinajstić information content (AvgIpc) is 3.01. The summed E-state index contributed by atoms with van der Waals surface area (Å²) in [7, 11) is 0. The third-order valence-electron chi connectivity index (χ3n) is 4.22. The lowest BCUT2D eigenvalue weighted by Gasteiger charge is -2.31. The molecule has 1 amide bonds. The number of carbonyl (C=O) groups is 1. The van der Waals surface area contributed by atoms with E-state index in [2.05, 4.69) is 27.4 Å². The van der Waals surface area contributed by atoms with Gasteiger partial charge in [-0.05, 0) is 37.8 Å². The second-order valence-electron chi connectivity index (χ2n) is 6.39. The SMILES string of the molecule is CC1CC(C(=O)NC(C)c2nc(-c3ccnc(C(F)(F)F)c3)no2)C1. The van der Waals surface area contributed by atoms with E-state index in [1.165, 1.54) is 6.07 Å². The molecule has 0 radical (unpaired) electrons. The maximum atomic E-state index is 12.7. The number of nitrogens with zero attached hydrogens (tertiary/aromatic N) is 3. The number of hydrogen-bond donors (Lipinski definition) is 1. The molecule has 0 aromatic carbocycles. The number of carbonyl (C=O) groups excluding carboxylic acids is 1. The Morgan fingerprint density at radius 3 is 2.76 bits per heavy atom. The normalized spacial score (nSPS) is 21.5. The molecule has 2 heterocycles. The largest absolute Gasteiger partial charge is 0.433 e. The van der Waals surface area contributed by atoms with E-state index >= 15 is 0 Å². The molecule has 0 bridgehead atoms. The summed E-state index contributed by atoms with van der Waals surface area (Å²) in [5.74, 6) is 0.626. The number of alkyl halides is 3. The van der Waals surface area contributed by atoms with Crippen LogP contribution in [0.2, 0.25) is 0 Å². The number of halogens is 3. The van der Waals surface area contributed by atoms with Gasteiger partial charge in [0.2, 0.25) is 17.6 Å². The van der Waals surface area contributed by atoms with Crippen LogP contribution in [0.3, 0.4) is 0 Å². The second-order valence-corrected chi connectivity index (χ2v) is 6.39. The van der Waals surface area contributed by atoms with Crippen LogP contribution in [0.5, 0.6) is 0 Å². The summed E-state index contributed by atoms with van der Waals surface area (Å²) < 4.78 is 43.3. The summed E-state index contributed by atoms with van der Waals surface area (Å²) in [6.45, 7) is 3.77. The minimum Gasteiger partial charge on any atom is -0.344 e. The lowest BCUT2D eigenvalue weighted by atomic mass is 9.75. The van der Waals surface area contributed by atoms with Crippen molar-refractivity contribution in [3.8, 4) is 11.4 Å². The number of hydrogen-bond acceptors (Lipinski definition) is 5. The molecule has 1 aliphatic rings. The Morgan fingerprint density at radius 2 is 2.12 bits per heavy atom. The van der Waals surface area contributed by atoms with E-state index in [0.717, 1.165) is 25.1 Å². The Hall–Kier alpha value is -2.45. The van der Waals surface area contributed by atoms with Crippen LogP contribution in [0.1, 0.15) is 44.3 Å². The highest BCUT2D eigenvalue weighted by Crippen LogP contribution is 2.33. The van der Waals surface area contributed by atoms with Crippen molar-refractivity contribution >= 4 is 5.91 Å². The maximum Gasteiger partial charge on any atom is 0.433 e. The number of nitrogens with one attached hydrogen (secondary N) is 1. The molecule has 1 fully saturated rings. The standard InChI is InChI=1S/C16H17F3N4O2/c1-8-5-11(6-8)14(24)21-9(2)15-22-13(23-25-15)10-3-4-20-12(7-10)16(17,18)19/h3-4,7-9,11H,5-6H2,1-2H3,(H,21,24). The van der Waals surface area contributed by atoms with E-state index in [1.54, 1.807) is 6.92 Å². The zero-order valence-corrected chi connectivity index (χ0v) is 13.7. The van der Waals surface area contributed by atoms with Crippen molar-refractivity contribution in [2.45, 2.75) is 38.9 Å². The molecule has 1 unspecified atom stereocenters. The van der Waals surface area contributed by atoms with Crippen LogP contribution in [-0.4, -0.2) is 21.0 Å². The predicted molar refractivity (Wildman–Crippen MR) is 81.0 cm³/mol. The Morgan fingerprint density at radius 1 is 1.40 bits per heavy atom. The summed E-state index contributed by atoms with van der Waals surface area (Å²) in [6.07, 6.45) is -1.81.